The first-order valence-corrected chi connectivity index (χ1v) is 7.68. The van der Waals surface area contributed by atoms with Crippen molar-refractivity contribution in [2.75, 3.05) is 0 Å². The number of hydrogen-bond donors (Lipinski definition) is 0. The standard InChI is InChI=1S/C20H21F3/c1-12-5-8-16(9-6-12)14(3)11-18(21)15(4)17-10-7-13(2)19(22)20(17)23/h5,8,11H,3-4,6-7,9-10H2,1-2H3/b18-11+. The molecule has 0 N–H and O–H groups in total. The van der Waals surface area contributed by atoms with Crippen molar-refractivity contribution < 1.29 is 13.2 Å². The topological polar surface area (TPSA) is 0 Å². The van der Waals surface area contributed by atoms with E-state index in [2.05, 4.69) is 13.2 Å². The number of rotatable bonds is 4. The van der Waals surface area contributed by atoms with E-state index in [1.165, 1.54) is 18.6 Å². The Balaban J connectivity index is 2.22. The Morgan fingerprint density at radius 3 is 2.30 bits per heavy atom. The smallest absolute Gasteiger partial charge is 0.162 e. The van der Waals surface area contributed by atoms with E-state index < -0.39 is 17.5 Å². The van der Waals surface area contributed by atoms with Gasteiger partial charge in [-0.25, -0.2) is 13.2 Å². The Kier molecular flexibility index (Phi) is 5.30. The van der Waals surface area contributed by atoms with Crippen LogP contribution in [0.2, 0.25) is 0 Å². The molecule has 0 unspecified atom stereocenters. The van der Waals surface area contributed by atoms with Gasteiger partial charge in [0.15, 0.2) is 11.7 Å². The zero-order valence-corrected chi connectivity index (χ0v) is 13.6. The first-order chi connectivity index (χ1) is 10.8. The van der Waals surface area contributed by atoms with Crippen LogP contribution in [0.15, 0.2) is 82.3 Å². The second-order valence-electron chi connectivity index (χ2n) is 6.09. The molecule has 0 heterocycles. The quantitative estimate of drug-likeness (QED) is 0.496. The Bertz CT molecular complexity index is 709. The average molecular weight is 318 g/mol. The molecule has 23 heavy (non-hydrogen) atoms. The predicted octanol–water partition coefficient (Wildman–Crippen LogP) is 6.88. The molecule has 0 bridgehead atoms. The SMILES string of the molecule is C=C(/C=C(/F)C(=C)C1=C(F)C(F)=C(C)CC1)C1=CC=C(C)CC1. The van der Waals surface area contributed by atoms with E-state index in [0.717, 1.165) is 18.4 Å². The summed E-state index contributed by atoms with van der Waals surface area (Å²) in [6.45, 7) is 11.0. The van der Waals surface area contributed by atoms with Crippen LogP contribution in [0.3, 0.4) is 0 Å². The summed E-state index contributed by atoms with van der Waals surface area (Å²) >= 11 is 0. The highest BCUT2D eigenvalue weighted by Gasteiger charge is 2.23. The van der Waals surface area contributed by atoms with Crippen LogP contribution in [0.4, 0.5) is 13.2 Å². The third-order valence-corrected chi connectivity index (χ3v) is 4.31. The first kappa shape index (κ1) is 17.3. The third-order valence-electron chi connectivity index (χ3n) is 4.31. The molecule has 0 aromatic rings. The lowest BCUT2D eigenvalue weighted by atomic mass is 9.90. The van der Waals surface area contributed by atoms with Crippen molar-refractivity contribution in [3.8, 4) is 0 Å². The van der Waals surface area contributed by atoms with Crippen LogP contribution in [0, 0.1) is 0 Å². The van der Waals surface area contributed by atoms with Crippen LogP contribution < -0.4 is 0 Å². The minimum Gasteiger partial charge on any atom is -0.206 e. The van der Waals surface area contributed by atoms with Crippen LogP contribution in [0.1, 0.15) is 39.5 Å². The molecule has 0 spiro atoms. The maximum atomic E-state index is 14.4. The molecule has 0 nitrogen and oxygen atoms in total. The highest BCUT2D eigenvalue weighted by Crippen LogP contribution is 2.38. The Morgan fingerprint density at radius 1 is 1.00 bits per heavy atom. The van der Waals surface area contributed by atoms with Gasteiger partial charge in [-0.2, -0.15) is 0 Å². The summed E-state index contributed by atoms with van der Waals surface area (Å²) in [6, 6.07) is 0. The maximum absolute atomic E-state index is 14.4. The van der Waals surface area contributed by atoms with E-state index in [4.69, 9.17) is 0 Å². The molecule has 0 aromatic heterocycles. The Morgan fingerprint density at radius 2 is 1.70 bits per heavy atom. The van der Waals surface area contributed by atoms with Crippen molar-refractivity contribution in [2.24, 2.45) is 0 Å². The monoisotopic (exact) mass is 318 g/mol. The van der Waals surface area contributed by atoms with E-state index in [-0.39, 0.29) is 17.6 Å². The summed E-state index contributed by atoms with van der Waals surface area (Å²) in [5, 5.41) is 0. The molecule has 0 saturated carbocycles. The van der Waals surface area contributed by atoms with Gasteiger partial charge in [0.2, 0.25) is 0 Å². The molecule has 2 rings (SSSR count). The van der Waals surface area contributed by atoms with Crippen molar-refractivity contribution in [1.29, 1.82) is 0 Å². The zero-order chi connectivity index (χ0) is 17.1. The van der Waals surface area contributed by atoms with Crippen molar-refractivity contribution in [3.63, 3.8) is 0 Å². The minimum absolute atomic E-state index is 0.00279. The van der Waals surface area contributed by atoms with Crippen molar-refractivity contribution >= 4 is 0 Å². The summed E-state index contributed by atoms with van der Waals surface area (Å²) in [5.41, 5.74) is 3.00. The molecule has 0 atom stereocenters. The molecule has 122 valence electrons. The molecule has 3 heteroatoms. The van der Waals surface area contributed by atoms with Crippen molar-refractivity contribution in [1.82, 2.24) is 0 Å². The van der Waals surface area contributed by atoms with Gasteiger partial charge in [-0.1, -0.05) is 30.9 Å². The van der Waals surface area contributed by atoms with Gasteiger partial charge >= 0.3 is 0 Å². The van der Waals surface area contributed by atoms with Crippen LogP contribution in [-0.2, 0) is 0 Å². The van der Waals surface area contributed by atoms with Gasteiger partial charge in [-0.05, 0) is 62.3 Å². The van der Waals surface area contributed by atoms with E-state index in [9.17, 15) is 13.2 Å². The summed E-state index contributed by atoms with van der Waals surface area (Å²) in [4.78, 5) is 0. The van der Waals surface area contributed by atoms with Crippen LogP contribution in [-0.4, -0.2) is 0 Å². The second-order valence-corrected chi connectivity index (χ2v) is 6.09. The second kappa shape index (κ2) is 7.03. The van der Waals surface area contributed by atoms with E-state index in [0.29, 0.717) is 17.6 Å². The third kappa shape index (κ3) is 3.84. The van der Waals surface area contributed by atoms with E-state index in [1.807, 2.05) is 19.1 Å². The Hall–Kier alpha value is -2.03. The van der Waals surface area contributed by atoms with Crippen molar-refractivity contribution in [3.05, 3.63) is 82.3 Å². The fourth-order valence-corrected chi connectivity index (χ4v) is 2.62. The largest absolute Gasteiger partial charge is 0.206 e. The van der Waals surface area contributed by atoms with Gasteiger partial charge in [0.25, 0.3) is 0 Å². The fraction of sp³-hybridized carbons (Fsp3) is 0.300. The molecule has 0 aliphatic heterocycles. The predicted molar refractivity (Wildman–Crippen MR) is 89.7 cm³/mol. The highest BCUT2D eigenvalue weighted by atomic mass is 19.2. The molecule has 0 saturated heterocycles. The molecule has 0 aromatic carbocycles. The molecule has 0 radical (unpaired) electrons. The maximum Gasteiger partial charge on any atom is 0.162 e. The highest BCUT2D eigenvalue weighted by molar-refractivity contribution is 5.53. The molecule has 0 fully saturated rings. The fourth-order valence-electron chi connectivity index (χ4n) is 2.62. The van der Waals surface area contributed by atoms with E-state index >= 15 is 0 Å². The summed E-state index contributed by atoms with van der Waals surface area (Å²) in [7, 11) is 0. The zero-order valence-electron chi connectivity index (χ0n) is 13.6. The van der Waals surface area contributed by atoms with Crippen LogP contribution in [0.5, 0.6) is 0 Å². The molecular formula is C20H21F3. The number of hydrogen-bond acceptors (Lipinski definition) is 0. The first-order valence-electron chi connectivity index (χ1n) is 7.68. The van der Waals surface area contributed by atoms with Crippen LogP contribution >= 0.6 is 0 Å². The number of halogens is 3. The van der Waals surface area contributed by atoms with Crippen molar-refractivity contribution in [2.45, 2.75) is 39.5 Å². The molecular weight excluding hydrogens is 297 g/mol. The lowest BCUT2D eigenvalue weighted by molar-refractivity contribution is 0.509. The normalized spacial score (nSPS) is 19.6. The van der Waals surface area contributed by atoms with Gasteiger partial charge in [-0.15, -0.1) is 0 Å². The number of allylic oxidation sites excluding steroid dienone is 12. The molecule has 0 amide bonds. The van der Waals surface area contributed by atoms with Gasteiger partial charge in [0.1, 0.15) is 5.83 Å². The lowest BCUT2D eigenvalue weighted by Gasteiger charge is -2.17. The molecule has 2 aliphatic rings. The molecule has 2 aliphatic carbocycles. The van der Waals surface area contributed by atoms with Gasteiger partial charge in [0.05, 0.1) is 0 Å². The summed E-state index contributed by atoms with van der Waals surface area (Å²) < 4.78 is 42.0. The van der Waals surface area contributed by atoms with E-state index in [1.54, 1.807) is 0 Å². The van der Waals surface area contributed by atoms with Gasteiger partial charge in [-0.3, -0.25) is 0 Å². The average Bonchev–Trinajstić information content (AvgIpc) is 2.52. The summed E-state index contributed by atoms with van der Waals surface area (Å²) in [5.74, 6) is -2.56. The van der Waals surface area contributed by atoms with Crippen LogP contribution in [0.25, 0.3) is 0 Å². The lowest BCUT2D eigenvalue weighted by Crippen LogP contribution is -2.02. The minimum atomic E-state index is -0.997. The van der Waals surface area contributed by atoms with Gasteiger partial charge < -0.3 is 0 Å². The summed E-state index contributed by atoms with van der Waals surface area (Å²) in [6.07, 6.45) is 7.49. The van der Waals surface area contributed by atoms with Gasteiger partial charge in [0, 0.05) is 11.1 Å². The Labute approximate surface area is 135 Å².